The van der Waals surface area contributed by atoms with Gasteiger partial charge in [0.05, 0.1) is 11.8 Å². The van der Waals surface area contributed by atoms with Crippen LogP contribution in [0.15, 0.2) is 66.9 Å². The molecule has 0 radical (unpaired) electrons. The lowest BCUT2D eigenvalue weighted by Gasteiger charge is -2.13. The number of carbonyl (C=O) groups excluding carboxylic acids is 2. The Labute approximate surface area is 169 Å². The number of nitrogens with one attached hydrogen (secondary N) is 1. The number of ether oxygens (including phenoxy) is 2. The fourth-order valence-corrected chi connectivity index (χ4v) is 2.74. The maximum absolute atomic E-state index is 12.5. The Hall–Kier alpha value is -3.61. The molecule has 3 aromatic rings. The largest absolute Gasteiger partial charge is 0.489 e. The van der Waals surface area contributed by atoms with E-state index in [-0.39, 0.29) is 12.6 Å². The summed E-state index contributed by atoms with van der Waals surface area (Å²) < 4.78 is 12.6. The van der Waals surface area contributed by atoms with Crippen LogP contribution in [-0.2, 0) is 16.1 Å². The van der Waals surface area contributed by atoms with Gasteiger partial charge in [0, 0.05) is 17.7 Å². The predicted molar refractivity (Wildman–Crippen MR) is 109 cm³/mol. The van der Waals surface area contributed by atoms with Crippen molar-refractivity contribution in [2.75, 3.05) is 11.9 Å². The molecule has 1 N–H and O–H groups in total. The third kappa shape index (κ3) is 5.44. The Morgan fingerprint density at radius 1 is 1.03 bits per heavy atom. The van der Waals surface area contributed by atoms with Crippen LogP contribution in [0.5, 0.6) is 5.75 Å². The second kappa shape index (κ2) is 9.54. The van der Waals surface area contributed by atoms with Gasteiger partial charge in [-0.2, -0.15) is 5.10 Å². The second-order valence-electron chi connectivity index (χ2n) is 6.64. The number of hydrogen-bond acceptors (Lipinski definition) is 5. The van der Waals surface area contributed by atoms with Gasteiger partial charge < -0.3 is 14.8 Å². The van der Waals surface area contributed by atoms with Crippen molar-refractivity contribution < 1.29 is 19.1 Å². The molecule has 1 heterocycles. The lowest BCUT2D eigenvalue weighted by Crippen LogP contribution is -2.23. The first kappa shape index (κ1) is 20.1. The Kier molecular flexibility index (Phi) is 6.63. The van der Waals surface area contributed by atoms with Crippen LogP contribution in [0.1, 0.15) is 35.8 Å². The zero-order chi connectivity index (χ0) is 20.6. The van der Waals surface area contributed by atoms with E-state index in [9.17, 15) is 9.59 Å². The third-order valence-electron chi connectivity index (χ3n) is 4.14. The number of para-hydroxylation sites is 1. The molecule has 0 saturated heterocycles. The van der Waals surface area contributed by atoms with Crippen molar-refractivity contribution in [1.82, 2.24) is 9.78 Å². The van der Waals surface area contributed by atoms with Crippen LogP contribution in [-0.4, -0.2) is 28.3 Å². The zero-order valence-electron chi connectivity index (χ0n) is 16.4. The van der Waals surface area contributed by atoms with Crippen LogP contribution in [0.25, 0.3) is 0 Å². The van der Waals surface area contributed by atoms with Crippen molar-refractivity contribution >= 4 is 17.7 Å². The van der Waals surface area contributed by atoms with Crippen LogP contribution in [0.4, 0.5) is 5.82 Å². The van der Waals surface area contributed by atoms with Gasteiger partial charge in [-0.05, 0) is 32.0 Å². The molecule has 150 valence electrons. The number of rotatable bonds is 8. The van der Waals surface area contributed by atoms with Crippen molar-refractivity contribution in [2.24, 2.45) is 0 Å². The minimum Gasteiger partial charge on any atom is -0.489 e. The maximum Gasteiger partial charge on any atom is 0.339 e. The minimum atomic E-state index is -0.579. The van der Waals surface area contributed by atoms with Crippen molar-refractivity contribution in [1.29, 1.82) is 0 Å². The first-order valence-electron chi connectivity index (χ1n) is 9.31. The Balaban J connectivity index is 1.58. The minimum absolute atomic E-state index is 0.0966. The van der Waals surface area contributed by atoms with Crippen LogP contribution in [0.2, 0.25) is 0 Å². The number of benzene rings is 2. The molecular weight excluding hydrogens is 370 g/mol. The first-order chi connectivity index (χ1) is 14.0. The third-order valence-corrected chi connectivity index (χ3v) is 4.14. The molecule has 0 aliphatic heterocycles. The van der Waals surface area contributed by atoms with Crippen molar-refractivity contribution in [3.05, 3.63) is 78.0 Å². The van der Waals surface area contributed by atoms with Gasteiger partial charge in [0.25, 0.3) is 5.91 Å². The van der Waals surface area contributed by atoms with E-state index in [0.29, 0.717) is 22.7 Å². The summed E-state index contributed by atoms with van der Waals surface area (Å²) in [5.41, 5.74) is 1.04. The van der Waals surface area contributed by atoms with E-state index in [4.69, 9.17) is 9.47 Å². The number of amides is 1. The predicted octanol–water partition coefficient (Wildman–Crippen LogP) is 3.84. The molecule has 29 heavy (non-hydrogen) atoms. The highest BCUT2D eigenvalue weighted by Crippen LogP contribution is 2.16. The van der Waals surface area contributed by atoms with Gasteiger partial charge in [0.2, 0.25) is 0 Å². The molecule has 0 atom stereocenters. The molecule has 0 aliphatic carbocycles. The Morgan fingerprint density at radius 2 is 1.76 bits per heavy atom. The van der Waals surface area contributed by atoms with Gasteiger partial charge in [-0.1, -0.05) is 36.4 Å². The smallest absolute Gasteiger partial charge is 0.339 e. The lowest BCUT2D eigenvalue weighted by molar-refractivity contribution is -0.119. The van der Waals surface area contributed by atoms with Crippen molar-refractivity contribution in [2.45, 2.75) is 26.5 Å². The number of esters is 1. The van der Waals surface area contributed by atoms with E-state index in [2.05, 4.69) is 10.4 Å². The first-order valence-corrected chi connectivity index (χ1v) is 9.31. The summed E-state index contributed by atoms with van der Waals surface area (Å²) in [6.07, 6.45) is 1.60. The summed E-state index contributed by atoms with van der Waals surface area (Å²) in [7, 11) is 0. The highest BCUT2D eigenvalue weighted by Gasteiger charge is 2.16. The highest BCUT2D eigenvalue weighted by atomic mass is 16.5. The van der Waals surface area contributed by atoms with Crippen LogP contribution in [0.3, 0.4) is 0 Å². The fourth-order valence-electron chi connectivity index (χ4n) is 2.74. The summed E-state index contributed by atoms with van der Waals surface area (Å²) in [4.78, 5) is 24.6. The molecule has 0 spiro atoms. The normalized spacial score (nSPS) is 10.6. The van der Waals surface area contributed by atoms with E-state index in [1.807, 2.05) is 50.2 Å². The van der Waals surface area contributed by atoms with Crippen LogP contribution < -0.4 is 10.1 Å². The van der Waals surface area contributed by atoms with Gasteiger partial charge in [0.15, 0.2) is 6.61 Å². The van der Waals surface area contributed by atoms with Crippen molar-refractivity contribution in [3.8, 4) is 5.75 Å². The summed E-state index contributed by atoms with van der Waals surface area (Å²) in [6.45, 7) is 3.74. The average molecular weight is 393 g/mol. The van der Waals surface area contributed by atoms with Gasteiger partial charge in [-0.25, -0.2) is 9.48 Å². The quantitative estimate of drug-likeness (QED) is 0.588. The van der Waals surface area contributed by atoms with Gasteiger partial charge in [0.1, 0.15) is 18.2 Å². The van der Waals surface area contributed by atoms with Gasteiger partial charge in [-0.15, -0.1) is 0 Å². The molecule has 1 amide bonds. The molecule has 2 aromatic carbocycles. The Bertz CT molecular complexity index is 967. The topological polar surface area (TPSA) is 82.5 Å². The summed E-state index contributed by atoms with van der Waals surface area (Å²) >= 11 is 0. The monoisotopic (exact) mass is 393 g/mol. The fraction of sp³-hybridized carbons (Fsp3) is 0.227. The number of nitrogens with zero attached hydrogens (tertiary/aromatic N) is 2. The van der Waals surface area contributed by atoms with E-state index in [1.165, 1.54) is 0 Å². The van der Waals surface area contributed by atoms with E-state index >= 15 is 0 Å². The lowest BCUT2D eigenvalue weighted by atomic mass is 10.1. The molecule has 7 heteroatoms. The highest BCUT2D eigenvalue weighted by molar-refractivity contribution is 5.95. The second-order valence-corrected chi connectivity index (χ2v) is 6.64. The van der Waals surface area contributed by atoms with E-state index < -0.39 is 18.5 Å². The summed E-state index contributed by atoms with van der Waals surface area (Å²) in [5.74, 6) is 0.248. The molecule has 0 aliphatic rings. The number of aromatic nitrogens is 2. The SMILES string of the molecule is CC(C)n1nccc1NC(=O)COC(=O)c1ccccc1COc1ccccc1. The molecule has 0 saturated carbocycles. The van der Waals surface area contributed by atoms with Gasteiger partial charge >= 0.3 is 5.97 Å². The average Bonchev–Trinajstić information content (AvgIpc) is 3.20. The number of anilines is 1. The number of hydrogen-bond donors (Lipinski definition) is 1. The maximum atomic E-state index is 12.5. The number of carbonyl (C=O) groups is 2. The molecule has 0 fully saturated rings. The van der Waals surface area contributed by atoms with Crippen molar-refractivity contribution in [3.63, 3.8) is 0 Å². The molecule has 0 bridgehead atoms. The Morgan fingerprint density at radius 3 is 2.52 bits per heavy atom. The van der Waals surface area contributed by atoms with Crippen LogP contribution >= 0.6 is 0 Å². The van der Waals surface area contributed by atoms with E-state index in [1.54, 1.807) is 35.1 Å². The standard InChI is InChI=1S/C22H23N3O4/c1-16(2)25-20(12-13-23-25)24-21(26)15-29-22(27)19-11-7-6-8-17(19)14-28-18-9-4-3-5-10-18/h3-13,16H,14-15H2,1-2H3,(H,24,26). The molecule has 1 aromatic heterocycles. The van der Waals surface area contributed by atoms with E-state index in [0.717, 1.165) is 0 Å². The molecular formula is C22H23N3O4. The molecule has 0 unspecified atom stereocenters. The molecule has 7 nitrogen and oxygen atoms in total. The summed E-state index contributed by atoms with van der Waals surface area (Å²) in [5, 5.41) is 6.85. The van der Waals surface area contributed by atoms with Crippen LogP contribution in [0, 0.1) is 0 Å². The molecule has 3 rings (SSSR count). The zero-order valence-corrected chi connectivity index (χ0v) is 16.4. The van der Waals surface area contributed by atoms with Gasteiger partial charge in [-0.3, -0.25) is 4.79 Å². The summed E-state index contributed by atoms with van der Waals surface area (Å²) in [6, 6.07) is 18.1.